The molecule has 196 valence electrons. The summed E-state index contributed by atoms with van der Waals surface area (Å²) in [5.41, 5.74) is 2.18. The molecule has 2 aromatic heterocycles. The highest BCUT2D eigenvalue weighted by Crippen LogP contribution is 2.39. The fraction of sp³-hybridized carbons (Fsp3) is 0.375. The van der Waals surface area contributed by atoms with E-state index in [0.29, 0.717) is 15.4 Å². The Morgan fingerprint density at radius 3 is 2.76 bits per heavy atom. The number of amides is 2. The first-order valence-corrected chi connectivity index (χ1v) is 15.0. The lowest BCUT2D eigenvalue weighted by Gasteiger charge is -2.07. The van der Waals surface area contributed by atoms with Gasteiger partial charge >= 0.3 is 11.9 Å². The van der Waals surface area contributed by atoms with Gasteiger partial charge in [-0.05, 0) is 49.9 Å². The zero-order chi connectivity index (χ0) is 26.5. The minimum absolute atomic E-state index is 0.0186. The number of thioether (sulfide) groups is 1. The van der Waals surface area contributed by atoms with E-state index in [1.54, 1.807) is 11.5 Å². The molecule has 2 heterocycles. The smallest absolute Gasteiger partial charge is 0.341 e. The van der Waals surface area contributed by atoms with Crippen molar-refractivity contribution in [2.75, 3.05) is 30.5 Å². The van der Waals surface area contributed by atoms with Gasteiger partial charge in [0, 0.05) is 9.35 Å². The highest BCUT2D eigenvalue weighted by Gasteiger charge is 2.28. The number of benzene rings is 1. The van der Waals surface area contributed by atoms with Gasteiger partial charge in [-0.25, -0.2) is 4.79 Å². The number of ether oxygens (including phenoxy) is 2. The number of thiazole rings is 1. The predicted molar refractivity (Wildman–Crippen MR) is 148 cm³/mol. The Balaban J connectivity index is 1.42. The van der Waals surface area contributed by atoms with Crippen LogP contribution in [-0.2, 0) is 43.2 Å². The molecule has 0 saturated carbocycles. The predicted octanol–water partition coefficient (Wildman–Crippen LogP) is 4.16. The Labute approximate surface area is 233 Å². The van der Waals surface area contributed by atoms with E-state index < -0.39 is 17.8 Å². The molecule has 0 spiro atoms. The van der Waals surface area contributed by atoms with Gasteiger partial charge in [0.25, 0.3) is 5.91 Å². The lowest BCUT2D eigenvalue weighted by molar-refractivity contribution is -0.141. The van der Waals surface area contributed by atoms with Gasteiger partial charge < -0.3 is 19.4 Å². The van der Waals surface area contributed by atoms with Gasteiger partial charge in [0.15, 0.2) is 4.80 Å². The highest BCUT2D eigenvalue weighted by molar-refractivity contribution is 9.10. The minimum Gasteiger partial charge on any atom is -0.468 e. The maximum atomic E-state index is 12.6. The van der Waals surface area contributed by atoms with Crippen molar-refractivity contribution in [1.82, 2.24) is 4.57 Å². The van der Waals surface area contributed by atoms with Gasteiger partial charge in [0.2, 0.25) is 5.91 Å². The normalized spacial score (nSPS) is 13.0. The van der Waals surface area contributed by atoms with Crippen molar-refractivity contribution in [3.8, 4) is 0 Å². The van der Waals surface area contributed by atoms with Crippen molar-refractivity contribution in [1.29, 1.82) is 0 Å². The number of rotatable bonds is 9. The number of methoxy groups -OCH3 is 1. The molecule has 0 radical (unpaired) electrons. The van der Waals surface area contributed by atoms with E-state index in [1.807, 2.05) is 18.2 Å². The zero-order valence-electron chi connectivity index (χ0n) is 20.1. The van der Waals surface area contributed by atoms with E-state index in [-0.39, 0.29) is 30.6 Å². The molecule has 0 unspecified atom stereocenters. The number of aromatic nitrogens is 1. The van der Waals surface area contributed by atoms with Crippen LogP contribution in [0, 0.1) is 0 Å². The van der Waals surface area contributed by atoms with Crippen molar-refractivity contribution < 1.29 is 28.7 Å². The number of anilines is 1. The molecule has 1 aromatic carbocycles. The summed E-state index contributed by atoms with van der Waals surface area (Å²) in [5.74, 6) is -1.61. The van der Waals surface area contributed by atoms with Crippen molar-refractivity contribution >= 4 is 89.3 Å². The molecule has 37 heavy (non-hydrogen) atoms. The van der Waals surface area contributed by atoms with Crippen LogP contribution >= 0.6 is 50.4 Å². The second-order valence-corrected chi connectivity index (χ2v) is 12.0. The molecule has 0 fully saturated rings. The Kier molecular flexibility index (Phi) is 9.22. The van der Waals surface area contributed by atoms with Gasteiger partial charge in [-0.2, -0.15) is 4.99 Å². The average molecular weight is 627 g/mol. The van der Waals surface area contributed by atoms with Crippen LogP contribution in [-0.4, -0.2) is 53.5 Å². The molecule has 1 aliphatic carbocycles. The van der Waals surface area contributed by atoms with Gasteiger partial charge in [-0.3, -0.25) is 14.4 Å². The number of fused-ring (bicyclic) bond motifs is 2. The van der Waals surface area contributed by atoms with E-state index in [4.69, 9.17) is 9.47 Å². The summed E-state index contributed by atoms with van der Waals surface area (Å²) < 4.78 is 13.3. The number of thiophene rings is 1. The maximum Gasteiger partial charge on any atom is 0.341 e. The van der Waals surface area contributed by atoms with Crippen LogP contribution in [0.3, 0.4) is 0 Å². The summed E-state index contributed by atoms with van der Waals surface area (Å²) in [4.78, 5) is 55.3. The molecule has 1 aliphatic rings. The molecule has 9 nitrogen and oxygen atoms in total. The maximum absolute atomic E-state index is 12.6. The Morgan fingerprint density at radius 1 is 1.19 bits per heavy atom. The number of carbonyl (C=O) groups excluding carboxylic acids is 4. The first-order chi connectivity index (χ1) is 17.8. The third kappa shape index (κ3) is 6.51. The Hall–Kier alpha value is -2.48. The fourth-order valence-corrected chi connectivity index (χ4v) is 7.41. The molecule has 1 N–H and O–H groups in total. The van der Waals surface area contributed by atoms with Crippen LogP contribution in [0.15, 0.2) is 27.7 Å². The molecule has 4 rings (SSSR count). The van der Waals surface area contributed by atoms with Crippen LogP contribution < -0.4 is 10.1 Å². The fourth-order valence-electron chi connectivity index (χ4n) is 3.92. The van der Waals surface area contributed by atoms with Crippen LogP contribution in [0.2, 0.25) is 0 Å². The number of carbonyl (C=O) groups is 4. The SMILES string of the molecule is CCOC(=O)c1c(NC(=O)CSCC(=O)N=c2sc3cc(Br)ccc3n2CC(=O)OC)sc2c1CCC2. The van der Waals surface area contributed by atoms with E-state index in [2.05, 4.69) is 26.2 Å². The first-order valence-electron chi connectivity index (χ1n) is 11.4. The molecular weight excluding hydrogens is 602 g/mol. The number of esters is 2. The lowest BCUT2D eigenvalue weighted by Crippen LogP contribution is -2.23. The molecule has 2 amide bonds. The second kappa shape index (κ2) is 12.4. The standard InChI is InChI=1S/C24H24BrN3O6S3/c1-3-34-23(32)21-14-5-4-6-16(14)36-22(21)26-18(29)11-35-12-19(30)27-24-28(10-20(31)33-2)15-8-7-13(25)9-17(15)37-24/h7-9H,3-6,10-12H2,1-2H3,(H,26,29). The number of halogens is 1. The van der Waals surface area contributed by atoms with Gasteiger partial charge in [0.1, 0.15) is 11.5 Å². The van der Waals surface area contributed by atoms with Gasteiger partial charge in [-0.1, -0.05) is 27.3 Å². The molecule has 0 atom stereocenters. The monoisotopic (exact) mass is 625 g/mol. The molecule has 0 bridgehead atoms. The Bertz CT molecular complexity index is 1440. The summed E-state index contributed by atoms with van der Waals surface area (Å²) in [6.07, 6.45) is 2.67. The van der Waals surface area contributed by atoms with Crippen molar-refractivity contribution in [3.63, 3.8) is 0 Å². The lowest BCUT2D eigenvalue weighted by atomic mass is 10.1. The van der Waals surface area contributed by atoms with Crippen molar-refractivity contribution in [2.24, 2.45) is 4.99 Å². The van der Waals surface area contributed by atoms with E-state index in [0.717, 1.165) is 56.2 Å². The third-order valence-corrected chi connectivity index (χ3v) is 9.15. The van der Waals surface area contributed by atoms with Gasteiger partial charge in [-0.15, -0.1) is 23.1 Å². The van der Waals surface area contributed by atoms with E-state index in [1.165, 1.54) is 29.8 Å². The Morgan fingerprint density at radius 2 is 2.00 bits per heavy atom. The quantitative estimate of drug-likeness (QED) is 0.355. The number of nitrogens with zero attached hydrogens (tertiary/aromatic N) is 2. The molecule has 13 heteroatoms. The first kappa shape index (κ1) is 27.6. The largest absolute Gasteiger partial charge is 0.468 e. The topological polar surface area (TPSA) is 116 Å². The number of aryl methyl sites for hydroxylation is 1. The van der Waals surface area contributed by atoms with Crippen LogP contribution in [0.25, 0.3) is 10.2 Å². The van der Waals surface area contributed by atoms with Crippen molar-refractivity contribution in [2.45, 2.75) is 32.7 Å². The molecule has 0 saturated heterocycles. The van der Waals surface area contributed by atoms with Crippen molar-refractivity contribution in [3.05, 3.63) is 43.5 Å². The molecular formula is C24H24BrN3O6S3. The summed E-state index contributed by atoms with van der Waals surface area (Å²) >= 11 is 7.25. The summed E-state index contributed by atoms with van der Waals surface area (Å²) in [6, 6.07) is 5.58. The molecule has 0 aliphatic heterocycles. The van der Waals surface area contributed by atoms with Crippen LogP contribution in [0.1, 0.15) is 34.1 Å². The average Bonchev–Trinajstić information content (AvgIpc) is 3.52. The molecule has 3 aromatic rings. The summed E-state index contributed by atoms with van der Waals surface area (Å²) in [6.45, 7) is 1.93. The van der Waals surface area contributed by atoms with Gasteiger partial charge in [0.05, 0.1) is 41.0 Å². The zero-order valence-corrected chi connectivity index (χ0v) is 24.2. The third-order valence-electron chi connectivity index (χ3n) is 5.49. The van der Waals surface area contributed by atoms with Crippen LogP contribution in [0.5, 0.6) is 0 Å². The number of nitrogens with one attached hydrogen (secondary N) is 1. The second-order valence-electron chi connectivity index (χ2n) is 7.99. The van der Waals surface area contributed by atoms with E-state index in [9.17, 15) is 19.2 Å². The highest BCUT2D eigenvalue weighted by atomic mass is 79.9. The number of hydrogen-bond acceptors (Lipinski definition) is 9. The number of hydrogen-bond donors (Lipinski definition) is 1. The minimum atomic E-state index is -0.454. The summed E-state index contributed by atoms with van der Waals surface area (Å²) in [5, 5.41) is 3.33. The summed E-state index contributed by atoms with van der Waals surface area (Å²) in [7, 11) is 1.30. The van der Waals surface area contributed by atoms with E-state index >= 15 is 0 Å². The van der Waals surface area contributed by atoms with Crippen LogP contribution in [0.4, 0.5) is 5.00 Å².